The van der Waals surface area contributed by atoms with Gasteiger partial charge in [0.25, 0.3) is 0 Å². The van der Waals surface area contributed by atoms with Gasteiger partial charge in [-0.3, -0.25) is 9.59 Å². The topological polar surface area (TPSA) is 83.5 Å². The fourth-order valence-corrected chi connectivity index (χ4v) is 4.97. The number of benzene rings is 1. The van der Waals surface area contributed by atoms with Crippen molar-refractivity contribution >= 4 is 21.7 Å². The number of hydrogen-bond acceptors (Lipinski definition) is 4. The minimum Gasteiger partial charge on any atom is -0.352 e. The normalized spacial score (nSPS) is 25.8. The fourth-order valence-electron chi connectivity index (χ4n) is 3.30. The van der Waals surface area contributed by atoms with Crippen molar-refractivity contribution in [2.75, 3.05) is 24.6 Å². The van der Waals surface area contributed by atoms with Crippen LogP contribution in [-0.4, -0.2) is 55.8 Å². The maximum absolute atomic E-state index is 12.3. The molecule has 0 saturated carbocycles. The lowest BCUT2D eigenvalue weighted by molar-refractivity contribution is -0.129. The Morgan fingerprint density at radius 3 is 2.67 bits per heavy atom. The zero-order chi connectivity index (χ0) is 17.2. The molecular weight excluding hydrogens is 328 g/mol. The predicted molar refractivity (Wildman–Crippen MR) is 90.0 cm³/mol. The average molecular weight is 350 g/mol. The lowest BCUT2D eigenvalue weighted by atomic mass is 10.1. The van der Waals surface area contributed by atoms with E-state index < -0.39 is 9.84 Å². The van der Waals surface area contributed by atoms with Crippen LogP contribution in [0.4, 0.5) is 0 Å². The van der Waals surface area contributed by atoms with Gasteiger partial charge in [0, 0.05) is 25.6 Å². The summed E-state index contributed by atoms with van der Waals surface area (Å²) in [6.45, 7) is 1.02. The molecule has 6 nitrogen and oxygen atoms in total. The molecule has 0 radical (unpaired) electrons. The van der Waals surface area contributed by atoms with Gasteiger partial charge in [-0.05, 0) is 18.4 Å². The summed E-state index contributed by atoms with van der Waals surface area (Å²) in [6, 6.07) is 9.61. The second-order valence-electron chi connectivity index (χ2n) is 6.58. The predicted octanol–water partition coefficient (Wildman–Crippen LogP) is 0.381. The highest BCUT2D eigenvalue weighted by Gasteiger charge is 2.36. The molecule has 0 bridgehead atoms. The fraction of sp³-hybridized carbons (Fsp3) is 0.529. The SMILES string of the molecule is O=C(NC1CCS(=O)(=O)C1)C1CC(=O)N(CCc2ccccc2)C1. The third-order valence-electron chi connectivity index (χ3n) is 4.68. The number of carbonyl (C=O) groups excluding carboxylic acids is 2. The Bertz CT molecular complexity index is 717. The lowest BCUT2D eigenvalue weighted by Crippen LogP contribution is -2.40. The molecule has 2 heterocycles. The van der Waals surface area contributed by atoms with E-state index in [1.54, 1.807) is 4.90 Å². The molecule has 130 valence electrons. The first-order chi connectivity index (χ1) is 11.4. The van der Waals surface area contributed by atoms with Crippen LogP contribution in [0.15, 0.2) is 30.3 Å². The van der Waals surface area contributed by atoms with Crippen LogP contribution in [0, 0.1) is 5.92 Å². The van der Waals surface area contributed by atoms with Crippen molar-refractivity contribution in [3.8, 4) is 0 Å². The Morgan fingerprint density at radius 2 is 2.00 bits per heavy atom. The average Bonchev–Trinajstić information content (AvgIpc) is 3.08. The van der Waals surface area contributed by atoms with Crippen molar-refractivity contribution in [1.29, 1.82) is 0 Å². The molecule has 0 aromatic heterocycles. The summed E-state index contributed by atoms with van der Waals surface area (Å²) in [4.78, 5) is 26.1. The van der Waals surface area contributed by atoms with Crippen LogP contribution in [0.5, 0.6) is 0 Å². The molecule has 24 heavy (non-hydrogen) atoms. The van der Waals surface area contributed by atoms with Crippen molar-refractivity contribution in [2.45, 2.75) is 25.3 Å². The minimum atomic E-state index is -3.02. The molecular formula is C17H22N2O4S. The Hall–Kier alpha value is -1.89. The summed E-state index contributed by atoms with van der Waals surface area (Å²) in [5.41, 5.74) is 1.16. The largest absolute Gasteiger partial charge is 0.352 e. The zero-order valence-electron chi connectivity index (χ0n) is 13.5. The zero-order valence-corrected chi connectivity index (χ0v) is 14.3. The third kappa shape index (κ3) is 4.14. The van der Waals surface area contributed by atoms with E-state index in [2.05, 4.69) is 5.32 Å². The van der Waals surface area contributed by atoms with Gasteiger partial charge < -0.3 is 10.2 Å². The summed E-state index contributed by atoms with van der Waals surface area (Å²) in [5, 5.41) is 2.79. The first-order valence-corrected chi connectivity index (χ1v) is 10.1. The van der Waals surface area contributed by atoms with E-state index in [9.17, 15) is 18.0 Å². The number of amides is 2. The van der Waals surface area contributed by atoms with Gasteiger partial charge >= 0.3 is 0 Å². The molecule has 2 fully saturated rings. The summed E-state index contributed by atoms with van der Waals surface area (Å²) < 4.78 is 22.9. The van der Waals surface area contributed by atoms with E-state index in [0.29, 0.717) is 19.5 Å². The van der Waals surface area contributed by atoms with Crippen molar-refractivity contribution in [3.63, 3.8) is 0 Å². The number of likely N-dealkylation sites (tertiary alicyclic amines) is 1. The van der Waals surface area contributed by atoms with Crippen LogP contribution < -0.4 is 5.32 Å². The number of carbonyl (C=O) groups is 2. The molecule has 7 heteroatoms. The quantitative estimate of drug-likeness (QED) is 0.832. The molecule has 0 aliphatic carbocycles. The highest BCUT2D eigenvalue weighted by Crippen LogP contribution is 2.20. The Morgan fingerprint density at radius 1 is 1.25 bits per heavy atom. The highest BCUT2D eigenvalue weighted by atomic mass is 32.2. The highest BCUT2D eigenvalue weighted by molar-refractivity contribution is 7.91. The first kappa shape index (κ1) is 17.0. The smallest absolute Gasteiger partial charge is 0.225 e. The number of hydrogen-bond donors (Lipinski definition) is 1. The van der Waals surface area contributed by atoms with Gasteiger partial charge in [0.1, 0.15) is 0 Å². The van der Waals surface area contributed by atoms with Crippen LogP contribution in [-0.2, 0) is 25.8 Å². The molecule has 2 unspecified atom stereocenters. The van der Waals surface area contributed by atoms with E-state index in [4.69, 9.17) is 0 Å². The summed E-state index contributed by atoms with van der Waals surface area (Å²) in [7, 11) is -3.02. The molecule has 0 spiro atoms. The van der Waals surface area contributed by atoms with Crippen LogP contribution in [0.2, 0.25) is 0 Å². The molecule has 2 aliphatic rings. The lowest BCUT2D eigenvalue weighted by Gasteiger charge is -2.17. The number of nitrogens with one attached hydrogen (secondary N) is 1. The molecule has 1 aromatic rings. The van der Waals surface area contributed by atoms with Crippen LogP contribution in [0.3, 0.4) is 0 Å². The number of rotatable bonds is 5. The minimum absolute atomic E-state index is 0.00914. The molecule has 2 aliphatic heterocycles. The second-order valence-corrected chi connectivity index (χ2v) is 8.81. The van der Waals surface area contributed by atoms with Gasteiger partial charge in [-0.2, -0.15) is 0 Å². The van der Waals surface area contributed by atoms with E-state index in [0.717, 1.165) is 12.0 Å². The summed E-state index contributed by atoms with van der Waals surface area (Å²) >= 11 is 0. The van der Waals surface area contributed by atoms with Gasteiger partial charge in [0.15, 0.2) is 9.84 Å². The van der Waals surface area contributed by atoms with Crippen LogP contribution in [0.1, 0.15) is 18.4 Å². The monoisotopic (exact) mass is 350 g/mol. The Balaban J connectivity index is 1.50. The third-order valence-corrected chi connectivity index (χ3v) is 6.45. The van der Waals surface area contributed by atoms with Crippen molar-refractivity contribution in [1.82, 2.24) is 10.2 Å². The van der Waals surface area contributed by atoms with Gasteiger partial charge in [-0.1, -0.05) is 30.3 Å². The van der Waals surface area contributed by atoms with Gasteiger partial charge in [0.05, 0.1) is 17.4 Å². The van der Waals surface area contributed by atoms with Gasteiger partial charge in [0.2, 0.25) is 11.8 Å². The van der Waals surface area contributed by atoms with Crippen LogP contribution >= 0.6 is 0 Å². The van der Waals surface area contributed by atoms with E-state index >= 15 is 0 Å². The number of sulfone groups is 1. The van der Waals surface area contributed by atoms with Crippen LogP contribution in [0.25, 0.3) is 0 Å². The van der Waals surface area contributed by atoms with Crippen molar-refractivity contribution in [3.05, 3.63) is 35.9 Å². The molecule has 1 N–H and O–H groups in total. The summed E-state index contributed by atoms with van der Waals surface area (Å²) in [5.74, 6) is -0.448. The first-order valence-electron chi connectivity index (χ1n) is 8.25. The van der Waals surface area contributed by atoms with Gasteiger partial charge in [-0.15, -0.1) is 0 Å². The molecule has 2 atom stereocenters. The van der Waals surface area contributed by atoms with E-state index in [1.807, 2.05) is 30.3 Å². The standard InChI is InChI=1S/C17H22N2O4S/c20-16-10-14(17(21)18-15-7-9-24(22,23)12-15)11-19(16)8-6-13-4-2-1-3-5-13/h1-5,14-15H,6-12H2,(H,18,21). The van der Waals surface area contributed by atoms with E-state index in [-0.39, 0.29) is 41.7 Å². The molecule has 2 saturated heterocycles. The van der Waals surface area contributed by atoms with E-state index in [1.165, 1.54) is 0 Å². The molecule has 3 rings (SSSR count). The summed E-state index contributed by atoms with van der Waals surface area (Å²) in [6.07, 6.45) is 1.44. The molecule has 1 aromatic carbocycles. The Labute approximate surface area is 142 Å². The maximum Gasteiger partial charge on any atom is 0.225 e. The number of nitrogens with zero attached hydrogens (tertiary/aromatic N) is 1. The molecule has 2 amide bonds. The maximum atomic E-state index is 12.3. The Kier molecular flexibility index (Phi) is 4.89. The van der Waals surface area contributed by atoms with Crippen molar-refractivity contribution in [2.24, 2.45) is 5.92 Å². The van der Waals surface area contributed by atoms with Crippen molar-refractivity contribution < 1.29 is 18.0 Å². The second kappa shape index (κ2) is 6.93. The van der Waals surface area contributed by atoms with Gasteiger partial charge in [-0.25, -0.2) is 8.42 Å².